The topological polar surface area (TPSA) is 125 Å². The molecule has 0 aliphatic heterocycles. The van der Waals surface area contributed by atoms with E-state index in [0.29, 0.717) is 16.9 Å². The van der Waals surface area contributed by atoms with Gasteiger partial charge in [-0.15, -0.1) is 0 Å². The van der Waals surface area contributed by atoms with Crippen LogP contribution in [0, 0.1) is 0 Å². The molecule has 4 aromatic rings. The highest BCUT2D eigenvalue weighted by Gasteiger charge is 2.10. The van der Waals surface area contributed by atoms with Crippen LogP contribution in [0.5, 0.6) is 0 Å². The standard InChI is InChI=1S/C14H13N3O.C13H13N3O2S.4C2H6/c1-15-14(18)11-7-9-13(10-8-11)17-16-12-5-3-2-4-6-12;1-14-19(17,18)13-9-7-12(8-10-13)16-15-11-5-3-2-4-6-11;4*1-2/h2-10H,1H3,(H,15,18);2-10,14H,1H3;4*1-2H3. The van der Waals surface area contributed by atoms with Crippen LogP contribution in [0.3, 0.4) is 0 Å². The van der Waals surface area contributed by atoms with Crippen molar-refractivity contribution < 1.29 is 13.2 Å². The quantitative estimate of drug-likeness (QED) is 0.196. The number of carbonyl (C=O) groups excluding carboxylic acids is 1. The van der Waals surface area contributed by atoms with Crippen LogP contribution in [0.25, 0.3) is 0 Å². The average molecular weight is 635 g/mol. The molecule has 4 rings (SSSR count). The van der Waals surface area contributed by atoms with Crippen molar-refractivity contribution in [2.24, 2.45) is 20.5 Å². The Hall–Kier alpha value is -4.54. The first-order chi connectivity index (χ1) is 21.9. The Kier molecular flexibility index (Phi) is 25.6. The number of amides is 1. The molecular weight excluding hydrogens is 584 g/mol. The highest BCUT2D eigenvalue weighted by atomic mass is 32.2. The summed E-state index contributed by atoms with van der Waals surface area (Å²) < 4.78 is 25.3. The highest BCUT2D eigenvalue weighted by molar-refractivity contribution is 7.89. The molecule has 0 aliphatic rings. The number of azo groups is 2. The molecule has 45 heavy (non-hydrogen) atoms. The lowest BCUT2D eigenvalue weighted by Crippen LogP contribution is -2.18. The van der Waals surface area contributed by atoms with E-state index in [1.165, 1.54) is 19.2 Å². The van der Waals surface area contributed by atoms with Crippen molar-refractivity contribution in [3.63, 3.8) is 0 Å². The van der Waals surface area contributed by atoms with E-state index >= 15 is 0 Å². The zero-order valence-electron chi connectivity index (χ0n) is 28.3. The minimum absolute atomic E-state index is 0.110. The van der Waals surface area contributed by atoms with Gasteiger partial charge in [0.1, 0.15) is 0 Å². The summed E-state index contributed by atoms with van der Waals surface area (Å²) in [6.45, 7) is 16.0. The molecule has 4 aromatic carbocycles. The molecule has 2 N–H and O–H groups in total. The molecule has 244 valence electrons. The third-order valence-electron chi connectivity index (χ3n) is 4.85. The largest absolute Gasteiger partial charge is 0.355 e. The molecule has 0 atom stereocenters. The fourth-order valence-corrected chi connectivity index (χ4v) is 3.58. The van der Waals surface area contributed by atoms with Gasteiger partial charge >= 0.3 is 0 Å². The molecule has 0 bridgehead atoms. The van der Waals surface area contributed by atoms with Crippen LogP contribution >= 0.6 is 0 Å². The summed E-state index contributed by atoms with van der Waals surface area (Å²) in [5, 5.41) is 18.8. The number of nitrogens with one attached hydrogen (secondary N) is 2. The molecule has 0 unspecified atom stereocenters. The average Bonchev–Trinajstić information content (AvgIpc) is 3.14. The van der Waals surface area contributed by atoms with E-state index in [-0.39, 0.29) is 10.8 Å². The van der Waals surface area contributed by atoms with E-state index in [2.05, 4.69) is 30.5 Å². The maximum Gasteiger partial charge on any atom is 0.251 e. The maximum atomic E-state index is 11.5. The lowest BCUT2D eigenvalue weighted by Gasteiger charge is -2.01. The van der Waals surface area contributed by atoms with Gasteiger partial charge in [0.25, 0.3) is 5.91 Å². The normalized spacial score (nSPS) is 9.73. The fraction of sp³-hybridized carbons (Fsp3) is 0.286. The van der Waals surface area contributed by atoms with Gasteiger partial charge in [0.15, 0.2) is 0 Å². The van der Waals surface area contributed by atoms with Crippen molar-refractivity contribution in [3.05, 3.63) is 115 Å². The van der Waals surface area contributed by atoms with E-state index in [1.54, 1.807) is 43.4 Å². The smallest absolute Gasteiger partial charge is 0.251 e. The van der Waals surface area contributed by atoms with Crippen LogP contribution in [0.2, 0.25) is 0 Å². The summed E-state index contributed by atoms with van der Waals surface area (Å²) in [4.78, 5) is 11.5. The van der Waals surface area contributed by atoms with E-state index in [1.807, 2.05) is 116 Å². The molecule has 0 saturated carbocycles. The van der Waals surface area contributed by atoms with Crippen molar-refractivity contribution in [3.8, 4) is 0 Å². The molecule has 1 amide bonds. The lowest BCUT2D eigenvalue weighted by molar-refractivity contribution is 0.0963. The maximum absolute atomic E-state index is 11.5. The van der Waals surface area contributed by atoms with Crippen LogP contribution in [0.4, 0.5) is 22.7 Å². The SMILES string of the molecule is CC.CC.CC.CC.CNC(=O)c1ccc(N=Nc2ccccc2)cc1.CNS(=O)(=O)c1ccc(N=Nc2ccccc2)cc1. The lowest BCUT2D eigenvalue weighted by atomic mass is 10.2. The van der Waals surface area contributed by atoms with Crippen LogP contribution < -0.4 is 10.0 Å². The van der Waals surface area contributed by atoms with Gasteiger partial charge in [0, 0.05) is 12.6 Å². The van der Waals surface area contributed by atoms with Crippen LogP contribution in [-0.2, 0) is 10.0 Å². The Morgan fingerprint density at radius 3 is 1.11 bits per heavy atom. The van der Waals surface area contributed by atoms with Gasteiger partial charge in [0.2, 0.25) is 10.0 Å². The van der Waals surface area contributed by atoms with E-state index in [9.17, 15) is 13.2 Å². The first-order valence-electron chi connectivity index (χ1n) is 15.2. The second kappa shape index (κ2) is 27.0. The third-order valence-corrected chi connectivity index (χ3v) is 6.28. The molecule has 0 saturated heterocycles. The summed E-state index contributed by atoms with van der Waals surface area (Å²) in [7, 11) is -0.428. The summed E-state index contributed by atoms with van der Waals surface area (Å²) in [6, 6.07) is 32.0. The molecule has 10 heteroatoms. The molecule has 0 heterocycles. The second-order valence-corrected chi connectivity index (χ2v) is 9.29. The van der Waals surface area contributed by atoms with Gasteiger partial charge in [-0.05, 0) is 79.8 Å². The van der Waals surface area contributed by atoms with Crippen LogP contribution in [-0.4, -0.2) is 28.4 Å². The first-order valence-corrected chi connectivity index (χ1v) is 16.7. The molecule has 0 radical (unpaired) electrons. The van der Waals surface area contributed by atoms with Gasteiger partial charge < -0.3 is 5.32 Å². The second-order valence-electron chi connectivity index (χ2n) is 7.40. The number of rotatable bonds is 7. The third kappa shape index (κ3) is 17.4. The van der Waals surface area contributed by atoms with Gasteiger partial charge in [-0.3, -0.25) is 4.79 Å². The van der Waals surface area contributed by atoms with Crippen molar-refractivity contribution in [2.45, 2.75) is 60.3 Å². The predicted octanol–water partition coefficient (Wildman–Crippen LogP) is 10.6. The number of hydrogen-bond acceptors (Lipinski definition) is 7. The van der Waals surface area contributed by atoms with Crippen molar-refractivity contribution >= 4 is 38.7 Å². The number of nitrogens with zero attached hydrogens (tertiary/aromatic N) is 4. The highest BCUT2D eigenvalue weighted by Crippen LogP contribution is 2.20. The monoisotopic (exact) mass is 634 g/mol. The number of benzene rings is 4. The molecule has 0 aromatic heterocycles. The summed E-state index contributed by atoms with van der Waals surface area (Å²) in [6.07, 6.45) is 0. The van der Waals surface area contributed by atoms with Crippen LogP contribution in [0.1, 0.15) is 65.7 Å². The summed E-state index contributed by atoms with van der Waals surface area (Å²) in [5.74, 6) is -0.110. The Morgan fingerprint density at radius 2 is 0.800 bits per heavy atom. The molecule has 9 nitrogen and oxygen atoms in total. The van der Waals surface area contributed by atoms with Gasteiger partial charge in [-0.25, -0.2) is 13.1 Å². The Labute approximate surface area is 271 Å². The number of carbonyl (C=O) groups is 1. The molecule has 0 aliphatic carbocycles. The predicted molar refractivity (Wildman–Crippen MR) is 189 cm³/mol. The Morgan fingerprint density at radius 1 is 0.489 bits per heavy atom. The summed E-state index contributed by atoms with van der Waals surface area (Å²) >= 11 is 0. The van der Waals surface area contributed by atoms with Crippen molar-refractivity contribution in [2.75, 3.05) is 14.1 Å². The van der Waals surface area contributed by atoms with Crippen molar-refractivity contribution in [1.82, 2.24) is 10.0 Å². The van der Waals surface area contributed by atoms with Gasteiger partial charge in [-0.1, -0.05) is 91.8 Å². The first kappa shape index (κ1) is 42.6. The Bertz CT molecular complexity index is 1440. The van der Waals surface area contributed by atoms with Gasteiger partial charge in [-0.2, -0.15) is 20.5 Å². The van der Waals surface area contributed by atoms with E-state index in [0.717, 1.165) is 11.4 Å². The molecule has 0 fully saturated rings. The van der Waals surface area contributed by atoms with E-state index < -0.39 is 10.0 Å². The number of hydrogen-bond donors (Lipinski definition) is 2. The van der Waals surface area contributed by atoms with Crippen LogP contribution in [0.15, 0.2) is 135 Å². The molecule has 0 spiro atoms. The van der Waals surface area contributed by atoms with Crippen molar-refractivity contribution in [1.29, 1.82) is 0 Å². The molecular formula is C35H50N6O3S. The zero-order chi connectivity index (χ0) is 34.5. The Balaban J connectivity index is 0. The minimum atomic E-state index is -3.40. The minimum Gasteiger partial charge on any atom is -0.355 e. The van der Waals surface area contributed by atoms with E-state index in [4.69, 9.17) is 0 Å². The fourth-order valence-electron chi connectivity index (χ4n) is 2.85. The summed E-state index contributed by atoms with van der Waals surface area (Å²) in [5.41, 5.74) is 3.46. The van der Waals surface area contributed by atoms with Gasteiger partial charge in [0.05, 0.1) is 27.6 Å². The number of sulfonamides is 1. The zero-order valence-corrected chi connectivity index (χ0v) is 29.1.